The van der Waals surface area contributed by atoms with Gasteiger partial charge in [0.15, 0.2) is 21.4 Å². The molecule has 9 heteroatoms. The number of hydrogen-bond donors (Lipinski definition) is 0. The van der Waals surface area contributed by atoms with Gasteiger partial charge >= 0.3 is 0 Å². The van der Waals surface area contributed by atoms with E-state index >= 15 is 13.7 Å². The van der Waals surface area contributed by atoms with Crippen LogP contribution >= 0.6 is 21.4 Å². The number of benzene rings is 19. The normalized spacial score (nSPS) is 17.4. The van der Waals surface area contributed by atoms with Gasteiger partial charge in [-0.2, -0.15) is 0 Å². The lowest BCUT2D eigenvalue weighted by molar-refractivity contribution is 0.592. The van der Waals surface area contributed by atoms with E-state index in [1.807, 2.05) is 109 Å². The summed E-state index contributed by atoms with van der Waals surface area (Å²) in [6.07, 6.45) is 0. The van der Waals surface area contributed by atoms with Crippen LogP contribution in [0.1, 0.15) is 74.9 Å². The van der Waals surface area contributed by atoms with Gasteiger partial charge in [-0.25, -0.2) is 0 Å². The molecule has 0 amide bonds. The van der Waals surface area contributed by atoms with Crippen molar-refractivity contribution in [3.63, 3.8) is 0 Å². The largest absolute Gasteiger partial charge is 0.309 e. The molecule has 0 saturated heterocycles. The molecule has 28 rings (SSSR count). The molecule has 0 radical (unpaired) electrons. The van der Waals surface area contributed by atoms with Gasteiger partial charge in [-0.1, -0.05) is 393 Å². The Morgan fingerprint density at radius 3 is 1.02 bits per heavy atom. The van der Waals surface area contributed by atoms with Crippen LogP contribution in [0.15, 0.2) is 425 Å². The van der Waals surface area contributed by atoms with Crippen LogP contribution in [-0.2, 0) is 29.9 Å². The summed E-state index contributed by atoms with van der Waals surface area (Å²) in [5.74, 6) is 0. The van der Waals surface area contributed by atoms with Crippen LogP contribution < -0.4 is 47.7 Å². The van der Waals surface area contributed by atoms with Gasteiger partial charge < -0.3 is 27.4 Å². The monoisotopic (exact) mass is 1750 g/mol. The summed E-state index contributed by atoms with van der Waals surface area (Å²) in [6.45, 7) is 14.0. The number of hydrogen-bond acceptors (Lipinski definition) is 3. The van der Waals surface area contributed by atoms with Crippen molar-refractivity contribution in [3.05, 3.63) is 458 Å². The van der Waals surface area contributed by atoms with Crippen LogP contribution in [0.4, 0.5) is 0 Å². The molecule has 0 fully saturated rings. The summed E-state index contributed by atoms with van der Waals surface area (Å²) in [4.78, 5) is 0. The number of rotatable bonds is 7. The fraction of sp³-hybridized carbons (Fsp3) is 0.0732. The van der Waals surface area contributed by atoms with Gasteiger partial charge in [0.05, 0.1) is 38.8 Å². The van der Waals surface area contributed by atoms with Gasteiger partial charge in [0.25, 0.3) is 0 Å². The Morgan fingerprint density at radius 1 is 0.205 bits per heavy atom. The minimum Gasteiger partial charge on any atom is -0.309 e. The zero-order valence-electron chi connectivity index (χ0n) is 73.8. The van der Waals surface area contributed by atoms with Gasteiger partial charge in [-0.3, -0.25) is 0 Å². The third kappa shape index (κ3) is 10.7. The molecule has 6 aliphatic rings. The second kappa shape index (κ2) is 28.6. The van der Waals surface area contributed by atoms with E-state index in [0.717, 1.165) is 158 Å². The smallest absolute Gasteiger partial charge is 0.172 e. The molecule has 0 saturated carbocycles. The molecule has 6 nitrogen and oxygen atoms in total. The Balaban J connectivity index is 0.000000104. The molecular weight excluding hydrogens is 1660 g/mol. The van der Waals surface area contributed by atoms with E-state index in [-0.39, 0.29) is 16.2 Å². The first-order valence-corrected chi connectivity index (χ1v) is 50.9. The Kier molecular flexibility index (Phi) is 17.0. The Hall–Kier alpha value is -14.7. The van der Waals surface area contributed by atoms with E-state index in [0.29, 0.717) is 0 Å². The zero-order valence-corrected chi connectivity index (χ0v) is 76.5. The summed E-state index contributed by atoms with van der Waals surface area (Å²) in [5.41, 5.74) is 34.6. The van der Waals surface area contributed by atoms with Gasteiger partial charge in [0, 0.05) is 113 Å². The first-order chi connectivity index (χ1) is 64.5. The van der Waals surface area contributed by atoms with Crippen molar-refractivity contribution < 1.29 is 13.7 Å². The minimum atomic E-state index is -3.15. The molecule has 3 atom stereocenters. The van der Waals surface area contributed by atoms with Crippen LogP contribution in [0.2, 0.25) is 0 Å². The van der Waals surface area contributed by atoms with Crippen LogP contribution in [0, 0.1) is 0 Å². The van der Waals surface area contributed by atoms with E-state index in [2.05, 4.69) is 371 Å². The molecule has 6 heterocycles. The number of fused-ring (bicyclic) bond motifs is 30. The highest BCUT2D eigenvalue weighted by Crippen LogP contribution is 2.61. The molecule has 132 heavy (non-hydrogen) atoms. The van der Waals surface area contributed by atoms with Crippen molar-refractivity contribution in [1.82, 2.24) is 13.7 Å². The molecule has 3 aromatic heterocycles. The highest BCUT2D eigenvalue weighted by atomic mass is 31.2. The van der Waals surface area contributed by atoms with Crippen molar-refractivity contribution in [3.8, 4) is 95.0 Å². The topological polar surface area (TPSA) is 66.0 Å². The molecule has 19 aromatic carbocycles. The van der Waals surface area contributed by atoms with Gasteiger partial charge in [-0.15, -0.1) is 0 Å². The zero-order chi connectivity index (χ0) is 88.6. The third-order valence-corrected chi connectivity index (χ3v) is 39.6. The molecule has 628 valence electrons. The van der Waals surface area contributed by atoms with Crippen LogP contribution in [0.25, 0.3) is 160 Å². The predicted octanol–water partition coefficient (Wildman–Crippen LogP) is 27.8. The maximum Gasteiger partial charge on any atom is 0.172 e. The van der Waals surface area contributed by atoms with E-state index in [1.165, 1.54) is 83.6 Å². The summed E-state index contributed by atoms with van der Waals surface area (Å²) in [5, 5.41) is 15.0. The Morgan fingerprint density at radius 2 is 0.530 bits per heavy atom. The fourth-order valence-corrected chi connectivity index (χ4v) is 33.9. The van der Waals surface area contributed by atoms with E-state index < -0.39 is 21.4 Å². The Bertz CT molecular complexity index is 8910. The van der Waals surface area contributed by atoms with Crippen molar-refractivity contribution in [2.75, 3.05) is 0 Å². The van der Waals surface area contributed by atoms with Crippen molar-refractivity contribution in [2.45, 2.75) is 57.8 Å². The first kappa shape index (κ1) is 78.3. The summed E-state index contributed by atoms with van der Waals surface area (Å²) in [7, 11) is -9.40. The number of nitrogens with zero attached hydrogens (tertiary/aromatic N) is 3. The van der Waals surface area contributed by atoms with Gasteiger partial charge in [0.1, 0.15) is 0 Å². The molecule has 0 spiro atoms. The van der Waals surface area contributed by atoms with E-state index in [4.69, 9.17) is 0 Å². The first-order valence-electron chi connectivity index (χ1n) is 45.8. The minimum absolute atomic E-state index is 0.0415. The highest BCUT2D eigenvalue weighted by Gasteiger charge is 2.48. The third-order valence-electron chi connectivity index (χ3n) is 30.0. The van der Waals surface area contributed by atoms with Crippen LogP contribution in [-0.4, -0.2) is 13.7 Å². The van der Waals surface area contributed by atoms with Crippen LogP contribution in [0.3, 0.4) is 0 Å². The fourth-order valence-electron chi connectivity index (χ4n) is 24.0. The van der Waals surface area contributed by atoms with Gasteiger partial charge in [-0.05, 0) is 179 Å². The van der Waals surface area contributed by atoms with E-state index in [1.54, 1.807) is 0 Å². The molecule has 22 aromatic rings. The molecule has 0 N–H and O–H groups in total. The average Bonchev–Trinajstić information content (AvgIpc) is 1.54. The van der Waals surface area contributed by atoms with Crippen molar-refractivity contribution >= 4 is 135 Å². The molecular formula is C123H88N3O3P3. The maximum absolute atomic E-state index is 15.7. The summed E-state index contributed by atoms with van der Waals surface area (Å²) < 4.78 is 54.2. The Labute approximate surface area is 767 Å². The van der Waals surface area contributed by atoms with E-state index in [9.17, 15) is 0 Å². The SMILES string of the molecule is CC1(C)c2cc(-c3ccccc3)ccc2-c2ccc(-n3c4ccccc4c4c5c(ccc43)-c3ccccc3P5(=O)c3ccccc3)cc21.CC1(C)c2ccccc2-c2c(-n3c4ccccc4c4c5c(ccc43)-c3ccccc3P5(=O)c3ccccc3)cccc21.CC1(C)c2ccccc2-c2cc(-n3c4ccccc4c4c5c(ccc43)-c3ccccc3P5(=O)c3ccccc3)ccc21. The lowest BCUT2D eigenvalue weighted by Gasteiger charge is -2.23. The van der Waals surface area contributed by atoms with Crippen molar-refractivity contribution in [1.29, 1.82) is 0 Å². The lowest BCUT2D eigenvalue weighted by Crippen LogP contribution is -2.21. The predicted molar refractivity (Wildman–Crippen MR) is 556 cm³/mol. The molecule has 0 bridgehead atoms. The van der Waals surface area contributed by atoms with Crippen LogP contribution in [0.5, 0.6) is 0 Å². The summed E-state index contributed by atoms with van der Waals surface area (Å²) >= 11 is 0. The second-order valence-corrected chi connectivity index (χ2v) is 45.8. The number of para-hydroxylation sites is 3. The summed E-state index contributed by atoms with van der Waals surface area (Å²) in [6, 6.07) is 150. The highest BCUT2D eigenvalue weighted by molar-refractivity contribution is 7.88. The quantitative estimate of drug-likeness (QED) is 0.149. The second-order valence-electron chi connectivity index (χ2n) is 37.8. The molecule has 3 aliphatic heterocycles. The molecule has 3 aliphatic carbocycles. The lowest BCUT2D eigenvalue weighted by atomic mass is 9.81. The number of aromatic nitrogens is 3. The van der Waals surface area contributed by atoms with Gasteiger partial charge in [0.2, 0.25) is 0 Å². The average molecular weight is 1750 g/mol. The standard InChI is InChI=1S/C45H32NOP.2C39H28NOP/c1-45(2)38-27-30(29-13-5-3-6-14-29)21-23-33(38)34-24-22-31(28-39(34)45)46-40-19-11-9-18-37(40)43-41(46)26-25-36-35-17-10-12-20-42(35)48(47,44(36)43)32-15-7-4-8-16-32;1-39(2)30-18-9-6-16-28(30)36-31(39)19-12-21-33(36)40-32-20-10-7-17-29(32)37-34(40)24-23-27-26-15-8-11-22-35(26)42(41,38(27)37)25-13-4-3-5-14-25;1-39(2)32-17-9-6-14-27(32)31-24-25(20-22-33(31)39)40-34-18-10-7-16-30(34)37-35(40)23-21-29-28-15-8-11-19-36(28)42(41,38(29)37)26-12-4-3-5-13-26/h3-28H,1-2H3;2*3-24H,1-2H3. The van der Waals surface area contributed by atoms with Crippen molar-refractivity contribution in [2.24, 2.45) is 0 Å². The molecule has 3 unspecified atom stereocenters. The maximum atomic E-state index is 15.7.